The molecule has 7 heteroatoms. The topological polar surface area (TPSA) is 92.3 Å². The van der Waals surface area contributed by atoms with Gasteiger partial charge in [-0.15, -0.1) is 0 Å². The van der Waals surface area contributed by atoms with Crippen molar-refractivity contribution in [1.82, 2.24) is 5.32 Å². The summed E-state index contributed by atoms with van der Waals surface area (Å²) in [7, 11) is -3.48. The molecule has 0 atom stereocenters. The number of nitrogens with one attached hydrogen (secondary N) is 2. The maximum atomic E-state index is 12.9. The van der Waals surface area contributed by atoms with E-state index in [0.717, 1.165) is 11.1 Å². The van der Waals surface area contributed by atoms with Crippen LogP contribution in [0, 0.1) is 6.92 Å². The highest BCUT2D eigenvalue weighted by Crippen LogP contribution is 2.19. The van der Waals surface area contributed by atoms with Gasteiger partial charge in [-0.1, -0.05) is 72.3 Å². The zero-order valence-electron chi connectivity index (χ0n) is 19.8. The first-order valence-electron chi connectivity index (χ1n) is 11.4. The Kier molecular flexibility index (Phi) is 7.61. The smallest absolute Gasteiger partial charge is 0.255 e. The van der Waals surface area contributed by atoms with E-state index in [4.69, 9.17) is 0 Å². The maximum Gasteiger partial charge on any atom is 0.255 e. The molecule has 36 heavy (non-hydrogen) atoms. The normalized spacial score (nSPS) is 11.0. The van der Waals surface area contributed by atoms with Crippen LogP contribution in [0.2, 0.25) is 0 Å². The third kappa shape index (κ3) is 6.25. The summed E-state index contributed by atoms with van der Waals surface area (Å²) in [5, 5.41) is 5.67. The number of rotatable bonds is 8. The summed E-state index contributed by atoms with van der Waals surface area (Å²) in [5.74, 6) is -0.859. The number of hydrogen-bond donors (Lipinski definition) is 2. The quantitative estimate of drug-likeness (QED) is 0.351. The van der Waals surface area contributed by atoms with Crippen molar-refractivity contribution in [3.05, 3.63) is 131 Å². The van der Waals surface area contributed by atoms with Crippen LogP contribution in [0.3, 0.4) is 0 Å². The van der Waals surface area contributed by atoms with E-state index in [1.165, 1.54) is 0 Å². The van der Waals surface area contributed by atoms with Crippen LogP contribution in [0.25, 0.3) is 0 Å². The van der Waals surface area contributed by atoms with Gasteiger partial charge in [0.2, 0.25) is 0 Å². The Morgan fingerprint density at radius 3 is 2.00 bits per heavy atom. The Morgan fingerprint density at radius 1 is 0.694 bits per heavy atom. The molecule has 0 unspecified atom stereocenters. The first-order valence-corrected chi connectivity index (χ1v) is 13.1. The molecule has 4 aromatic carbocycles. The fraction of sp³-hybridized carbons (Fsp3) is 0.103. The number of amides is 2. The first-order chi connectivity index (χ1) is 17.3. The maximum absolute atomic E-state index is 12.9. The molecule has 4 aromatic rings. The van der Waals surface area contributed by atoms with E-state index < -0.39 is 15.7 Å². The second-order valence-electron chi connectivity index (χ2n) is 8.44. The lowest BCUT2D eigenvalue weighted by Crippen LogP contribution is -2.24. The van der Waals surface area contributed by atoms with Gasteiger partial charge in [-0.25, -0.2) is 8.42 Å². The van der Waals surface area contributed by atoms with Crippen LogP contribution in [-0.4, -0.2) is 20.2 Å². The highest BCUT2D eigenvalue weighted by atomic mass is 32.2. The van der Waals surface area contributed by atoms with Gasteiger partial charge in [0.25, 0.3) is 11.8 Å². The molecule has 2 N–H and O–H groups in total. The molecule has 0 heterocycles. The Morgan fingerprint density at radius 2 is 1.31 bits per heavy atom. The Labute approximate surface area is 210 Å². The molecule has 182 valence electrons. The molecule has 0 aliphatic rings. The van der Waals surface area contributed by atoms with Crippen molar-refractivity contribution in [2.24, 2.45) is 0 Å². The number of carbonyl (C=O) groups is 2. The van der Waals surface area contributed by atoms with Crippen LogP contribution < -0.4 is 10.6 Å². The van der Waals surface area contributed by atoms with Crippen LogP contribution in [0.15, 0.2) is 108 Å². The van der Waals surface area contributed by atoms with Crippen molar-refractivity contribution in [3.63, 3.8) is 0 Å². The van der Waals surface area contributed by atoms with Crippen molar-refractivity contribution >= 4 is 27.3 Å². The van der Waals surface area contributed by atoms with Crippen molar-refractivity contribution < 1.29 is 18.0 Å². The lowest BCUT2D eigenvalue weighted by molar-refractivity contribution is 0.0951. The predicted molar refractivity (Wildman–Crippen MR) is 141 cm³/mol. The highest BCUT2D eigenvalue weighted by Gasteiger charge is 2.17. The van der Waals surface area contributed by atoms with Crippen molar-refractivity contribution in [1.29, 1.82) is 0 Å². The Hall–Kier alpha value is -4.23. The fourth-order valence-electron chi connectivity index (χ4n) is 3.65. The summed E-state index contributed by atoms with van der Waals surface area (Å²) in [6.07, 6.45) is 0. The van der Waals surface area contributed by atoms with Gasteiger partial charge < -0.3 is 10.6 Å². The van der Waals surface area contributed by atoms with Crippen molar-refractivity contribution in [2.45, 2.75) is 24.1 Å². The molecular weight excluding hydrogens is 472 g/mol. The van der Waals surface area contributed by atoms with E-state index >= 15 is 0 Å². The number of sulfone groups is 1. The molecule has 0 radical (unpaired) electrons. The summed E-state index contributed by atoms with van der Waals surface area (Å²) in [5.41, 5.74) is 3.79. The molecule has 0 aliphatic carbocycles. The Balaban J connectivity index is 1.42. The SMILES string of the molecule is Cc1ccc(CNC(=O)c2ccccc2NC(=O)c2ccc(CS(=O)(=O)c3ccccc3)cc2)cc1. The first kappa shape index (κ1) is 24.9. The van der Waals surface area contributed by atoms with Crippen LogP contribution in [-0.2, 0) is 22.1 Å². The second kappa shape index (κ2) is 11.0. The third-order valence-electron chi connectivity index (χ3n) is 5.67. The van der Waals surface area contributed by atoms with Gasteiger partial charge in [0.05, 0.1) is 21.9 Å². The van der Waals surface area contributed by atoms with Gasteiger partial charge in [-0.05, 0) is 54.4 Å². The summed E-state index contributed by atoms with van der Waals surface area (Å²) in [6, 6.07) is 29.3. The molecule has 0 aromatic heterocycles. The second-order valence-corrected chi connectivity index (χ2v) is 10.4. The number of anilines is 1. The van der Waals surface area contributed by atoms with Crippen molar-refractivity contribution in [3.8, 4) is 0 Å². The van der Waals surface area contributed by atoms with E-state index in [1.54, 1.807) is 78.9 Å². The molecule has 0 aliphatic heterocycles. The molecule has 0 bridgehead atoms. The van der Waals surface area contributed by atoms with E-state index in [1.807, 2.05) is 31.2 Å². The van der Waals surface area contributed by atoms with E-state index in [-0.39, 0.29) is 16.6 Å². The number of aryl methyl sites for hydroxylation is 1. The van der Waals surface area contributed by atoms with E-state index in [0.29, 0.717) is 28.9 Å². The number of carbonyl (C=O) groups excluding carboxylic acids is 2. The number of benzene rings is 4. The lowest BCUT2D eigenvalue weighted by Gasteiger charge is -2.12. The third-order valence-corrected chi connectivity index (χ3v) is 7.37. The number of para-hydroxylation sites is 1. The van der Waals surface area contributed by atoms with Gasteiger partial charge in [0.1, 0.15) is 0 Å². The van der Waals surface area contributed by atoms with Gasteiger partial charge >= 0.3 is 0 Å². The summed E-state index contributed by atoms with van der Waals surface area (Å²) < 4.78 is 25.2. The summed E-state index contributed by atoms with van der Waals surface area (Å²) >= 11 is 0. The molecule has 0 saturated carbocycles. The van der Waals surface area contributed by atoms with Crippen LogP contribution in [0.4, 0.5) is 5.69 Å². The van der Waals surface area contributed by atoms with Crippen LogP contribution in [0.1, 0.15) is 37.4 Å². The van der Waals surface area contributed by atoms with Crippen LogP contribution in [0.5, 0.6) is 0 Å². The highest BCUT2D eigenvalue weighted by molar-refractivity contribution is 7.90. The average molecular weight is 499 g/mol. The Bertz CT molecular complexity index is 1460. The van der Waals surface area contributed by atoms with Gasteiger partial charge in [0, 0.05) is 12.1 Å². The lowest BCUT2D eigenvalue weighted by atomic mass is 10.1. The molecule has 2 amide bonds. The summed E-state index contributed by atoms with van der Waals surface area (Å²) in [4.78, 5) is 25.9. The monoisotopic (exact) mass is 498 g/mol. The van der Waals surface area contributed by atoms with Gasteiger partial charge in [-0.2, -0.15) is 0 Å². The van der Waals surface area contributed by atoms with Crippen molar-refractivity contribution in [2.75, 3.05) is 5.32 Å². The number of hydrogen-bond acceptors (Lipinski definition) is 4. The minimum absolute atomic E-state index is 0.164. The van der Waals surface area contributed by atoms with E-state index in [2.05, 4.69) is 10.6 Å². The van der Waals surface area contributed by atoms with Gasteiger partial charge in [-0.3, -0.25) is 9.59 Å². The zero-order chi connectivity index (χ0) is 25.5. The van der Waals surface area contributed by atoms with E-state index in [9.17, 15) is 18.0 Å². The molecule has 4 rings (SSSR count). The zero-order valence-corrected chi connectivity index (χ0v) is 20.6. The molecule has 0 saturated heterocycles. The standard InChI is InChI=1S/C29H26N2O4S/c1-21-11-13-22(14-12-21)19-30-29(33)26-9-5-6-10-27(26)31-28(32)24-17-15-23(16-18-24)20-36(34,35)25-7-3-2-4-8-25/h2-18H,19-20H2,1H3,(H,30,33)(H,31,32). The van der Waals surface area contributed by atoms with Crippen LogP contribution >= 0.6 is 0 Å². The molecular formula is C29H26N2O4S. The predicted octanol–water partition coefficient (Wildman–Crippen LogP) is 5.15. The average Bonchev–Trinajstić information content (AvgIpc) is 2.89. The largest absolute Gasteiger partial charge is 0.348 e. The van der Waals surface area contributed by atoms with Gasteiger partial charge in [0.15, 0.2) is 9.84 Å². The molecule has 0 spiro atoms. The molecule has 0 fully saturated rings. The fourth-order valence-corrected chi connectivity index (χ4v) is 5.02. The summed E-state index contributed by atoms with van der Waals surface area (Å²) in [6.45, 7) is 2.37. The minimum atomic E-state index is -3.48. The molecule has 6 nitrogen and oxygen atoms in total. The minimum Gasteiger partial charge on any atom is -0.348 e.